The van der Waals surface area contributed by atoms with Crippen molar-refractivity contribution in [1.82, 2.24) is 0 Å². The van der Waals surface area contributed by atoms with Gasteiger partial charge in [-0.1, -0.05) is 36.0 Å². The number of anilines is 1. The molecule has 0 saturated carbocycles. The van der Waals surface area contributed by atoms with Gasteiger partial charge in [-0.05, 0) is 48.4 Å². The zero-order chi connectivity index (χ0) is 19.1. The quantitative estimate of drug-likeness (QED) is 0.476. The highest BCUT2D eigenvalue weighted by Crippen LogP contribution is 2.18. The maximum atomic E-state index is 12.4. The fourth-order valence-corrected chi connectivity index (χ4v) is 3.42. The highest BCUT2D eigenvalue weighted by molar-refractivity contribution is 8.14. The lowest BCUT2D eigenvalue weighted by molar-refractivity contribution is 0.0600. The molecule has 0 aliphatic carbocycles. The first-order chi connectivity index (χ1) is 13.2. The maximum Gasteiger partial charge on any atom is 0.338 e. The van der Waals surface area contributed by atoms with Crippen molar-refractivity contribution in [2.45, 2.75) is 6.42 Å². The number of amidine groups is 1. The number of thioether (sulfide) groups is 1. The minimum Gasteiger partial charge on any atom is -0.465 e. The largest absolute Gasteiger partial charge is 0.465 e. The summed E-state index contributed by atoms with van der Waals surface area (Å²) in [5.74, 6) is 0.507. The Kier molecular flexibility index (Phi) is 6.44. The van der Waals surface area contributed by atoms with E-state index in [0.717, 1.165) is 29.6 Å². The van der Waals surface area contributed by atoms with E-state index in [1.54, 1.807) is 48.2 Å². The lowest BCUT2D eigenvalue weighted by atomic mass is 10.0. The smallest absolute Gasteiger partial charge is 0.338 e. The Morgan fingerprint density at radius 3 is 2.63 bits per heavy atom. The molecular formula is C21H20N2O3S. The summed E-state index contributed by atoms with van der Waals surface area (Å²) in [6.45, 7) is 0.851. The SMILES string of the molecule is COC(=O)c1ccccc1/C=C/C(=O)c1ccc(NC2=NCCCS2)cc1. The standard InChI is InChI=1S/C21H20N2O3S/c1-26-20(25)18-6-3-2-5-15(18)9-12-19(24)16-7-10-17(11-8-16)23-21-22-13-4-14-27-21/h2-3,5-12H,4,13-14H2,1H3,(H,22,23)/b12-9+. The molecule has 138 valence electrons. The molecule has 6 heteroatoms. The van der Waals surface area contributed by atoms with Gasteiger partial charge in [0.15, 0.2) is 11.0 Å². The van der Waals surface area contributed by atoms with Crippen LogP contribution in [0.2, 0.25) is 0 Å². The van der Waals surface area contributed by atoms with E-state index in [0.29, 0.717) is 16.7 Å². The van der Waals surface area contributed by atoms with Crippen LogP contribution in [0.1, 0.15) is 32.7 Å². The third kappa shape index (κ3) is 5.08. The van der Waals surface area contributed by atoms with Gasteiger partial charge in [-0.15, -0.1) is 0 Å². The summed E-state index contributed by atoms with van der Waals surface area (Å²) >= 11 is 1.70. The predicted octanol–water partition coefficient (Wildman–Crippen LogP) is 4.27. The summed E-state index contributed by atoms with van der Waals surface area (Å²) < 4.78 is 4.77. The van der Waals surface area contributed by atoms with E-state index in [9.17, 15) is 9.59 Å². The summed E-state index contributed by atoms with van der Waals surface area (Å²) in [4.78, 5) is 28.6. The number of hydrogen-bond acceptors (Lipinski definition) is 6. The number of carbonyl (C=O) groups excluding carboxylic acids is 2. The van der Waals surface area contributed by atoms with Crippen molar-refractivity contribution >= 4 is 40.4 Å². The molecular weight excluding hydrogens is 360 g/mol. The Morgan fingerprint density at radius 1 is 1.15 bits per heavy atom. The van der Waals surface area contributed by atoms with Crippen molar-refractivity contribution in [2.75, 3.05) is 24.7 Å². The van der Waals surface area contributed by atoms with Crippen LogP contribution in [-0.4, -0.2) is 36.3 Å². The highest BCUT2D eigenvalue weighted by atomic mass is 32.2. The maximum absolute atomic E-state index is 12.4. The first-order valence-electron chi connectivity index (χ1n) is 8.61. The van der Waals surface area contributed by atoms with Crippen molar-refractivity contribution in [3.05, 3.63) is 71.3 Å². The van der Waals surface area contributed by atoms with E-state index in [4.69, 9.17) is 4.74 Å². The molecule has 5 nitrogen and oxygen atoms in total. The first-order valence-corrected chi connectivity index (χ1v) is 9.60. The first kappa shape index (κ1) is 18.9. The molecule has 0 bridgehead atoms. The molecule has 0 saturated heterocycles. The second-order valence-corrected chi connectivity index (χ2v) is 6.95. The summed E-state index contributed by atoms with van der Waals surface area (Å²) in [5.41, 5.74) is 2.54. The van der Waals surface area contributed by atoms with E-state index in [2.05, 4.69) is 10.3 Å². The number of methoxy groups -OCH3 is 1. The van der Waals surface area contributed by atoms with Crippen LogP contribution in [0.15, 0.2) is 59.6 Å². The van der Waals surface area contributed by atoms with Gasteiger partial charge >= 0.3 is 5.97 Å². The van der Waals surface area contributed by atoms with Gasteiger partial charge in [0.25, 0.3) is 0 Å². The Bertz CT molecular complexity index is 889. The van der Waals surface area contributed by atoms with Gasteiger partial charge in [-0.3, -0.25) is 9.79 Å². The van der Waals surface area contributed by atoms with E-state index >= 15 is 0 Å². The predicted molar refractivity (Wildman–Crippen MR) is 111 cm³/mol. The van der Waals surface area contributed by atoms with Crippen LogP contribution in [-0.2, 0) is 4.74 Å². The monoisotopic (exact) mass is 380 g/mol. The lowest BCUT2D eigenvalue weighted by Crippen LogP contribution is -2.13. The van der Waals surface area contributed by atoms with E-state index in [1.165, 1.54) is 13.2 Å². The summed E-state index contributed by atoms with van der Waals surface area (Å²) in [5, 5.41) is 4.18. The van der Waals surface area contributed by atoms with Gasteiger partial charge in [0, 0.05) is 23.5 Å². The molecule has 1 N–H and O–H groups in total. The van der Waals surface area contributed by atoms with E-state index < -0.39 is 5.97 Å². The van der Waals surface area contributed by atoms with E-state index in [1.807, 2.05) is 18.2 Å². The van der Waals surface area contributed by atoms with Crippen molar-refractivity contribution < 1.29 is 14.3 Å². The molecule has 0 radical (unpaired) electrons. The molecule has 0 unspecified atom stereocenters. The van der Waals surface area contributed by atoms with Crippen molar-refractivity contribution in [2.24, 2.45) is 4.99 Å². The molecule has 0 aromatic heterocycles. The molecule has 0 spiro atoms. The lowest BCUT2D eigenvalue weighted by Gasteiger charge is -2.13. The Morgan fingerprint density at radius 2 is 1.93 bits per heavy atom. The summed E-state index contributed by atoms with van der Waals surface area (Å²) in [6, 6.07) is 14.3. The van der Waals surface area contributed by atoms with Crippen LogP contribution in [0, 0.1) is 0 Å². The van der Waals surface area contributed by atoms with Gasteiger partial charge in [-0.2, -0.15) is 0 Å². The minimum absolute atomic E-state index is 0.134. The van der Waals surface area contributed by atoms with Crippen LogP contribution in [0.5, 0.6) is 0 Å². The fraction of sp³-hybridized carbons (Fsp3) is 0.190. The Balaban J connectivity index is 1.69. The minimum atomic E-state index is -0.429. The molecule has 0 atom stereocenters. The van der Waals surface area contributed by atoms with Crippen LogP contribution in [0.25, 0.3) is 6.08 Å². The molecule has 3 rings (SSSR count). The van der Waals surface area contributed by atoms with Crippen LogP contribution >= 0.6 is 11.8 Å². The van der Waals surface area contributed by atoms with Crippen molar-refractivity contribution in [3.63, 3.8) is 0 Å². The molecule has 1 heterocycles. The number of rotatable bonds is 5. The molecule has 1 aliphatic rings. The molecule has 0 fully saturated rings. The third-order valence-electron chi connectivity index (χ3n) is 4.00. The topological polar surface area (TPSA) is 67.8 Å². The van der Waals surface area contributed by atoms with Crippen molar-refractivity contribution in [1.29, 1.82) is 0 Å². The second-order valence-electron chi connectivity index (χ2n) is 5.87. The van der Waals surface area contributed by atoms with Gasteiger partial charge in [0.2, 0.25) is 0 Å². The number of allylic oxidation sites excluding steroid dienone is 1. The number of benzene rings is 2. The number of ether oxygens (including phenoxy) is 1. The zero-order valence-electron chi connectivity index (χ0n) is 15.0. The van der Waals surface area contributed by atoms with Gasteiger partial charge in [0.1, 0.15) is 0 Å². The third-order valence-corrected chi connectivity index (χ3v) is 5.00. The summed E-state index contributed by atoms with van der Waals surface area (Å²) in [6.07, 6.45) is 4.20. The average molecular weight is 380 g/mol. The summed E-state index contributed by atoms with van der Waals surface area (Å²) in [7, 11) is 1.33. The molecule has 2 aromatic carbocycles. The number of nitrogens with zero attached hydrogens (tertiary/aromatic N) is 1. The van der Waals surface area contributed by atoms with Crippen LogP contribution in [0.4, 0.5) is 5.69 Å². The van der Waals surface area contributed by atoms with Gasteiger partial charge in [-0.25, -0.2) is 4.79 Å². The fourth-order valence-electron chi connectivity index (χ4n) is 2.58. The van der Waals surface area contributed by atoms with E-state index in [-0.39, 0.29) is 5.78 Å². The highest BCUT2D eigenvalue weighted by Gasteiger charge is 2.10. The zero-order valence-corrected chi connectivity index (χ0v) is 15.8. The van der Waals surface area contributed by atoms with Gasteiger partial charge in [0.05, 0.1) is 12.7 Å². The average Bonchev–Trinajstić information content (AvgIpc) is 2.73. The molecule has 0 amide bonds. The molecule has 1 aliphatic heterocycles. The molecule has 27 heavy (non-hydrogen) atoms. The number of hydrogen-bond donors (Lipinski definition) is 1. The van der Waals surface area contributed by atoms with Gasteiger partial charge < -0.3 is 10.1 Å². The number of nitrogens with one attached hydrogen (secondary N) is 1. The van der Waals surface area contributed by atoms with Crippen LogP contribution in [0.3, 0.4) is 0 Å². The number of esters is 1. The second kappa shape index (κ2) is 9.19. The number of carbonyl (C=O) groups is 2. The number of ketones is 1. The normalized spacial score (nSPS) is 13.9. The number of aliphatic imine (C=N–C) groups is 1. The van der Waals surface area contributed by atoms with Crippen molar-refractivity contribution in [3.8, 4) is 0 Å². The Labute approximate surface area is 162 Å². The Hall–Kier alpha value is -2.86. The van der Waals surface area contributed by atoms with Crippen LogP contribution < -0.4 is 5.32 Å². The molecule has 2 aromatic rings.